The minimum absolute atomic E-state index is 0.0245. The van der Waals surface area contributed by atoms with E-state index in [1.165, 1.54) is 0 Å². The summed E-state index contributed by atoms with van der Waals surface area (Å²) in [6.07, 6.45) is 0.675. The van der Waals surface area contributed by atoms with Gasteiger partial charge in [0, 0.05) is 22.3 Å². The second-order valence-electron chi connectivity index (χ2n) is 7.80. The van der Waals surface area contributed by atoms with Gasteiger partial charge in [-0.25, -0.2) is 9.91 Å². The Balaban J connectivity index is 1.38. The van der Waals surface area contributed by atoms with Gasteiger partial charge in [0.25, 0.3) is 0 Å². The van der Waals surface area contributed by atoms with Crippen LogP contribution in [0.2, 0.25) is 5.02 Å². The third-order valence-corrected chi connectivity index (χ3v) is 8.35. The van der Waals surface area contributed by atoms with Crippen LogP contribution in [0.1, 0.15) is 29.3 Å². The fourth-order valence-corrected chi connectivity index (χ4v) is 6.15. The van der Waals surface area contributed by atoms with Crippen molar-refractivity contribution in [2.24, 2.45) is 5.10 Å². The number of imide groups is 1. The van der Waals surface area contributed by atoms with Crippen molar-refractivity contribution in [1.82, 2.24) is 5.01 Å². The highest BCUT2D eigenvalue weighted by Crippen LogP contribution is 2.38. The van der Waals surface area contributed by atoms with Gasteiger partial charge in [-0.05, 0) is 47.3 Å². The van der Waals surface area contributed by atoms with Gasteiger partial charge in [-0.15, -0.1) is 11.3 Å². The summed E-state index contributed by atoms with van der Waals surface area (Å²) in [4.78, 5) is 28.0. The Morgan fingerprint density at radius 1 is 1.12 bits per heavy atom. The Kier molecular flexibility index (Phi) is 6.61. The Morgan fingerprint density at radius 3 is 2.62 bits per heavy atom. The van der Waals surface area contributed by atoms with Crippen LogP contribution in [-0.2, 0) is 9.59 Å². The van der Waals surface area contributed by atoms with Crippen molar-refractivity contribution in [3.05, 3.63) is 86.0 Å². The quantitative estimate of drug-likeness (QED) is 0.225. The second kappa shape index (κ2) is 9.65. The average molecular weight is 574 g/mol. The molecule has 5 rings (SSSR count). The number of hydrogen-bond acceptors (Lipinski definition) is 6. The molecule has 2 amide bonds. The molecule has 2 atom stereocenters. The minimum atomic E-state index is -0.689. The van der Waals surface area contributed by atoms with Gasteiger partial charge >= 0.3 is 0 Å². The van der Waals surface area contributed by atoms with E-state index in [9.17, 15) is 9.59 Å². The van der Waals surface area contributed by atoms with Crippen LogP contribution >= 0.6 is 50.6 Å². The molecule has 0 aliphatic carbocycles. The van der Waals surface area contributed by atoms with E-state index in [0.29, 0.717) is 17.1 Å². The predicted molar refractivity (Wildman–Crippen MR) is 142 cm³/mol. The first kappa shape index (κ1) is 23.3. The van der Waals surface area contributed by atoms with Crippen LogP contribution < -0.4 is 4.90 Å². The molecule has 172 valence electrons. The van der Waals surface area contributed by atoms with E-state index < -0.39 is 5.25 Å². The van der Waals surface area contributed by atoms with E-state index in [1.54, 1.807) is 40.6 Å². The summed E-state index contributed by atoms with van der Waals surface area (Å²) >= 11 is 12.2. The number of nitrogens with zero attached hydrogens (tertiary/aromatic N) is 3. The first-order valence-electron chi connectivity index (χ1n) is 10.4. The standard InChI is InChI=1S/C24H18BrClN4O2S2/c25-15-8-6-14(7-9-15)19-12-18(20-5-2-10-33-20)28-30(19)24(27)34-21-13-22(31)29(23(21)32)17-4-1-3-16(26)11-17/h1-11,19,21,27H,12-13H2/t19-,21+/m1/s1. The Labute approximate surface area is 218 Å². The normalized spacial score (nSPS) is 20.2. The molecule has 2 aromatic carbocycles. The molecule has 10 heteroatoms. The zero-order valence-electron chi connectivity index (χ0n) is 17.7. The number of carbonyl (C=O) groups excluding carboxylic acids is 2. The molecule has 1 saturated heterocycles. The number of amidine groups is 1. The zero-order valence-corrected chi connectivity index (χ0v) is 21.6. The highest BCUT2D eigenvalue weighted by Gasteiger charge is 2.42. The summed E-state index contributed by atoms with van der Waals surface area (Å²) < 4.78 is 0.973. The molecule has 0 spiro atoms. The van der Waals surface area contributed by atoms with Crippen molar-refractivity contribution < 1.29 is 9.59 Å². The highest BCUT2D eigenvalue weighted by atomic mass is 79.9. The number of halogens is 2. The largest absolute Gasteiger partial charge is 0.277 e. The van der Waals surface area contributed by atoms with E-state index in [-0.39, 0.29) is 29.4 Å². The molecule has 2 aliphatic heterocycles. The first-order chi connectivity index (χ1) is 16.4. The van der Waals surface area contributed by atoms with E-state index in [2.05, 4.69) is 15.9 Å². The molecular formula is C24H18BrClN4O2S2. The summed E-state index contributed by atoms with van der Waals surface area (Å²) in [5, 5.41) is 17.2. The Hall–Kier alpha value is -2.46. The Morgan fingerprint density at radius 2 is 1.91 bits per heavy atom. The van der Waals surface area contributed by atoms with Gasteiger partial charge in [0.1, 0.15) is 5.25 Å². The zero-order chi connectivity index (χ0) is 23.8. The van der Waals surface area contributed by atoms with Gasteiger partial charge in [-0.3, -0.25) is 15.0 Å². The lowest BCUT2D eigenvalue weighted by Crippen LogP contribution is -2.32. The van der Waals surface area contributed by atoms with Gasteiger partial charge in [0.05, 0.1) is 22.3 Å². The lowest BCUT2D eigenvalue weighted by atomic mass is 10.0. The van der Waals surface area contributed by atoms with E-state index in [0.717, 1.165) is 37.3 Å². The van der Waals surface area contributed by atoms with E-state index in [1.807, 2.05) is 41.8 Å². The van der Waals surface area contributed by atoms with Gasteiger partial charge in [0.2, 0.25) is 11.8 Å². The predicted octanol–water partition coefficient (Wildman–Crippen LogP) is 6.32. The number of hydrazone groups is 1. The van der Waals surface area contributed by atoms with Crippen LogP contribution in [0.3, 0.4) is 0 Å². The molecule has 34 heavy (non-hydrogen) atoms. The summed E-state index contributed by atoms with van der Waals surface area (Å²) in [7, 11) is 0. The SMILES string of the molecule is N=C(S[C@H]1CC(=O)N(c2cccc(Cl)c2)C1=O)N1N=C(c2cccs2)C[C@@H]1c1ccc(Br)cc1. The molecule has 3 aromatic rings. The highest BCUT2D eigenvalue weighted by molar-refractivity contribution is 9.10. The first-order valence-corrected chi connectivity index (χ1v) is 13.4. The smallest absolute Gasteiger partial charge is 0.247 e. The Bertz CT molecular complexity index is 1300. The third kappa shape index (κ3) is 4.57. The second-order valence-corrected chi connectivity index (χ2v) is 11.3. The average Bonchev–Trinajstić information content (AvgIpc) is 3.54. The lowest BCUT2D eigenvalue weighted by Gasteiger charge is -2.24. The molecule has 0 saturated carbocycles. The van der Waals surface area contributed by atoms with E-state index >= 15 is 0 Å². The number of hydrogen-bond donors (Lipinski definition) is 1. The van der Waals surface area contributed by atoms with Crippen molar-refractivity contribution in [1.29, 1.82) is 5.41 Å². The molecule has 0 unspecified atom stereocenters. The van der Waals surface area contributed by atoms with Crippen molar-refractivity contribution in [2.75, 3.05) is 4.90 Å². The summed E-state index contributed by atoms with van der Waals surface area (Å²) in [6.45, 7) is 0. The number of nitrogens with one attached hydrogen (secondary N) is 1. The number of thiophene rings is 1. The molecule has 1 fully saturated rings. The third-order valence-electron chi connectivity index (χ3n) is 5.60. The van der Waals surface area contributed by atoms with Crippen LogP contribution in [0.25, 0.3) is 0 Å². The summed E-state index contributed by atoms with van der Waals surface area (Å²) in [6, 6.07) is 18.5. The van der Waals surface area contributed by atoms with Crippen LogP contribution in [0, 0.1) is 5.41 Å². The lowest BCUT2D eigenvalue weighted by molar-refractivity contribution is -0.121. The molecule has 1 aromatic heterocycles. The number of anilines is 1. The maximum absolute atomic E-state index is 13.1. The van der Waals surface area contributed by atoms with Gasteiger partial charge in [-0.2, -0.15) is 5.10 Å². The number of benzene rings is 2. The molecule has 1 N–H and O–H groups in total. The molecule has 6 nitrogen and oxygen atoms in total. The van der Waals surface area contributed by atoms with Crippen molar-refractivity contribution in [2.45, 2.75) is 24.1 Å². The fraction of sp³-hybridized carbons (Fsp3) is 0.167. The van der Waals surface area contributed by atoms with Crippen molar-refractivity contribution in [3.63, 3.8) is 0 Å². The van der Waals surface area contributed by atoms with Crippen molar-refractivity contribution in [3.8, 4) is 0 Å². The maximum atomic E-state index is 13.1. The molecule has 3 heterocycles. The number of thioether (sulfide) groups is 1. The summed E-state index contributed by atoms with van der Waals surface area (Å²) in [5.74, 6) is -0.643. The molecular weight excluding hydrogens is 556 g/mol. The van der Waals surface area contributed by atoms with Crippen LogP contribution in [0.5, 0.6) is 0 Å². The minimum Gasteiger partial charge on any atom is -0.277 e. The van der Waals surface area contributed by atoms with Crippen molar-refractivity contribution >= 4 is 79.0 Å². The molecule has 0 radical (unpaired) electrons. The molecule has 0 bridgehead atoms. The monoisotopic (exact) mass is 572 g/mol. The van der Waals surface area contributed by atoms with Crippen LogP contribution in [0.4, 0.5) is 5.69 Å². The van der Waals surface area contributed by atoms with Gasteiger partial charge in [-0.1, -0.05) is 63.6 Å². The van der Waals surface area contributed by atoms with Gasteiger partial charge in [0.15, 0.2) is 5.17 Å². The number of rotatable bonds is 4. The topological polar surface area (TPSA) is 76.8 Å². The number of carbonyl (C=O) groups is 2. The number of amides is 2. The van der Waals surface area contributed by atoms with Crippen LogP contribution in [-0.4, -0.2) is 33.0 Å². The van der Waals surface area contributed by atoms with E-state index in [4.69, 9.17) is 22.1 Å². The summed E-state index contributed by atoms with van der Waals surface area (Å²) in [5.41, 5.74) is 2.38. The van der Waals surface area contributed by atoms with Gasteiger partial charge < -0.3 is 0 Å². The van der Waals surface area contributed by atoms with Crippen LogP contribution in [0.15, 0.2) is 75.6 Å². The fourth-order valence-electron chi connectivity index (χ4n) is 4.01. The molecule has 2 aliphatic rings. The maximum Gasteiger partial charge on any atom is 0.247 e.